The first-order valence-electron chi connectivity index (χ1n) is 12.2. The number of anilines is 1. The molecular weight excluding hydrogens is 513 g/mol. The molecule has 0 radical (unpaired) electrons. The van der Waals surface area contributed by atoms with Crippen molar-refractivity contribution in [3.05, 3.63) is 65.0 Å². The minimum absolute atomic E-state index is 0.210. The van der Waals surface area contributed by atoms with Gasteiger partial charge >= 0.3 is 6.18 Å². The summed E-state index contributed by atoms with van der Waals surface area (Å²) in [6, 6.07) is 6.98. The number of rotatable bonds is 7. The molecular formula is C26H23F3N8O2. The highest BCUT2D eigenvalue weighted by molar-refractivity contribution is 6.02. The Morgan fingerprint density at radius 2 is 1.87 bits per heavy atom. The zero-order chi connectivity index (χ0) is 27.3. The molecule has 0 saturated heterocycles. The Hall–Kier alpha value is -4.55. The molecule has 1 saturated carbocycles. The third kappa shape index (κ3) is 4.64. The molecule has 4 heterocycles. The first-order chi connectivity index (χ1) is 18.7. The van der Waals surface area contributed by atoms with E-state index in [-0.39, 0.29) is 24.2 Å². The average Bonchev–Trinajstić information content (AvgIpc) is 3.59. The van der Waals surface area contributed by atoms with E-state index in [1.165, 1.54) is 25.1 Å². The summed E-state index contributed by atoms with van der Waals surface area (Å²) in [5, 5.41) is 6.03. The molecule has 1 aliphatic heterocycles. The minimum atomic E-state index is -4.52. The van der Waals surface area contributed by atoms with Gasteiger partial charge in [0, 0.05) is 31.3 Å². The highest BCUT2D eigenvalue weighted by atomic mass is 19.4. The van der Waals surface area contributed by atoms with E-state index < -0.39 is 11.9 Å². The number of hydrogen-bond donors (Lipinski definition) is 2. The van der Waals surface area contributed by atoms with Crippen LogP contribution >= 0.6 is 0 Å². The van der Waals surface area contributed by atoms with Crippen LogP contribution in [0.3, 0.4) is 0 Å². The summed E-state index contributed by atoms with van der Waals surface area (Å²) in [7, 11) is 3.05. The number of aromatic nitrogens is 6. The molecule has 0 bridgehead atoms. The lowest BCUT2D eigenvalue weighted by molar-refractivity contribution is -0.140. The normalized spacial score (nSPS) is 14.7. The van der Waals surface area contributed by atoms with Crippen LogP contribution in [0, 0.1) is 0 Å². The molecule has 6 rings (SSSR count). The summed E-state index contributed by atoms with van der Waals surface area (Å²) in [5.41, 5.74) is 2.80. The fourth-order valence-electron chi connectivity index (χ4n) is 4.61. The maximum absolute atomic E-state index is 13.1. The van der Waals surface area contributed by atoms with Crippen molar-refractivity contribution in [3.8, 4) is 28.7 Å². The van der Waals surface area contributed by atoms with E-state index in [9.17, 15) is 18.0 Å². The van der Waals surface area contributed by atoms with Crippen molar-refractivity contribution in [1.29, 1.82) is 0 Å². The van der Waals surface area contributed by atoms with Gasteiger partial charge in [-0.15, -0.1) is 0 Å². The van der Waals surface area contributed by atoms with Gasteiger partial charge in [0.25, 0.3) is 5.91 Å². The van der Waals surface area contributed by atoms with Crippen LogP contribution in [0.25, 0.3) is 22.8 Å². The number of carbonyl (C=O) groups excluding carboxylic acids is 1. The van der Waals surface area contributed by atoms with E-state index in [1.54, 1.807) is 24.3 Å². The zero-order valence-electron chi connectivity index (χ0n) is 21.0. The fraction of sp³-hybridized carbons (Fsp3) is 0.308. The molecule has 39 heavy (non-hydrogen) atoms. The molecule has 3 aromatic heterocycles. The van der Waals surface area contributed by atoms with Crippen LogP contribution in [0.4, 0.5) is 19.0 Å². The predicted octanol–water partition coefficient (Wildman–Crippen LogP) is 4.09. The van der Waals surface area contributed by atoms with Crippen LogP contribution in [-0.4, -0.2) is 42.5 Å². The van der Waals surface area contributed by atoms with Crippen LogP contribution in [0.5, 0.6) is 5.88 Å². The highest BCUT2D eigenvalue weighted by Gasteiger charge is 2.35. The Labute approximate surface area is 220 Å². The second-order valence-corrected chi connectivity index (χ2v) is 9.43. The number of imidazole rings is 1. The second-order valence-electron chi connectivity index (χ2n) is 9.43. The fourth-order valence-corrected chi connectivity index (χ4v) is 4.61. The molecule has 1 amide bonds. The Bertz CT molecular complexity index is 1580. The van der Waals surface area contributed by atoms with E-state index in [0.717, 1.165) is 30.3 Å². The number of fused-ring (bicyclic) bond motifs is 1. The van der Waals surface area contributed by atoms with Crippen molar-refractivity contribution >= 4 is 11.7 Å². The van der Waals surface area contributed by atoms with Crippen molar-refractivity contribution in [1.82, 2.24) is 34.8 Å². The second kappa shape index (κ2) is 9.33. The van der Waals surface area contributed by atoms with E-state index >= 15 is 0 Å². The van der Waals surface area contributed by atoms with E-state index in [1.807, 2.05) is 0 Å². The third-order valence-corrected chi connectivity index (χ3v) is 6.69. The summed E-state index contributed by atoms with van der Waals surface area (Å²) < 4.78 is 46.0. The Kier molecular flexibility index (Phi) is 5.92. The number of alkyl halides is 3. The van der Waals surface area contributed by atoms with Crippen LogP contribution in [-0.2, 0) is 26.3 Å². The number of halogens is 3. The van der Waals surface area contributed by atoms with Gasteiger partial charge in [-0.1, -0.05) is 24.3 Å². The third-order valence-electron chi connectivity index (χ3n) is 6.69. The zero-order valence-corrected chi connectivity index (χ0v) is 21.0. The van der Waals surface area contributed by atoms with Crippen molar-refractivity contribution in [2.45, 2.75) is 38.0 Å². The number of methoxy groups -OCH3 is 1. The molecule has 0 atom stereocenters. The number of amides is 1. The summed E-state index contributed by atoms with van der Waals surface area (Å²) in [6.45, 7) is 0.578. The molecule has 2 aliphatic rings. The number of nitrogens with zero attached hydrogens (tertiary/aromatic N) is 6. The minimum Gasteiger partial charge on any atom is -0.480 e. The van der Waals surface area contributed by atoms with Gasteiger partial charge in [-0.05, 0) is 18.4 Å². The molecule has 0 spiro atoms. The molecule has 0 unspecified atom stereocenters. The molecule has 10 nitrogen and oxygen atoms in total. The summed E-state index contributed by atoms with van der Waals surface area (Å²) in [4.78, 5) is 34.4. The lowest BCUT2D eigenvalue weighted by Gasteiger charge is -2.14. The topological polar surface area (TPSA) is 120 Å². The number of benzene rings is 1. The van der Waals surface area contributed by atoms with Gasteiger partial charge in [-0.3, -0.25) is 4.79 Å². The van der Waals surface area contributed by atoms with E-state index in [0.29, 0.717) is 46.5 Å². The van der Waals surface area contributed by atoms with Gasteiger partial charge in [0.05, 0.1) is 25.0 Å². The Balaban J connectivity index is 1.29. The van der Waals surface area contributed by atoms with Crippen molar-refractivity contribution in [3.63, 3.8) is 0 Å². The molecule has 4 aromatic rings. The van der Waals surface area contributed by atoms with Crippen LogP contribution < -0.4 is 15.4 Å². The van der Waals surface area contributed by atoms with Crippen molar-refractivity contribution in [2.24, 2.45) is 7.05 Å². The number of hydrogen-bond acceptors (Lipinski definition) is 8. The van der Waals surface area contributed by atoms with Gasteiger partial charge in [0.15, 0.2) is 11.5 Å². The summed E-state index contributed by atoms with van der Waals surface area (Å²) in [5.74, 6) is 1.33. The van der Waals surface area contributed by atoms with Crippen LogP contribution in [0.2, 0.25) is 0 Å². The lowest BCUT2D eigenvalue weighted by atomic mass is 10.1. The monoisotopic (exact) mass is 536 g/mol. The molecule has 2 N–H and O–H groups in total. The number of carbonyl (C=O) groups is 1. The quantitative estimate of drug-likeness (QED) is 0.363. The maximum atomic E-state index is 13.1. The van der Waals surface area contributed by atoms with Crippen molar-refractivity contribution < 1.29 is 22.7 Å². The summed E-state index contributed by atoms with van der Waals surface area (Å²) in [6.07, 6.45) is -0.0705. The van der Waals surface area contributed by atoms with Gasteiger partial charge < -0.3 is 19.9 Å². The van der Waals surface area contributed by atoms with Crippen LogP contribution in [0.1, 0.15) is 51.8 Å². The number of aryl methyl sites for hydroxylation is 1. The van der Waals surface area contributed by atoms with Gasteiger partial charge in [-0.25, -0.2) is 24.9 Å². The van der Waals surface area contributed by atoms with Crippen molar-refractivity contribution in [2.75, 3.05) is 12.4 Å². The Morgan fingerprint density at radius 1 is 1.10 bits per heavy atom. The highest BCUT2D eigenvalue weighted by Crippen LogP contribution is 2.45. The standard InChI is InChI=1S/C26H23F3N8O2/c1-37-11-17(26(27,28)29)35-23(37)15-5-3-13(4-6-15)9-30-21-18-16(10-31-24(18)38)34-22(36-21)19-20(14-7-8-14)32-12-33-25(19)39-2/h3-6,11-12,14H,7-10H2,1-2H3,(H,31,38)(H,30,34,36). The Morgan fingerprint density at radius 3 is 2.54 bits per heavy atom. The van der Waals surface area contributed by atoms with Gasteiger partial charge in [0.1, 0.15) is 29.1 Å². The molecule has 1 fully saturated rings. The first kappa shape index (κ1) is 24.8. The molecule has 200 valence electrons. The smallest absolute Gasteiger partial charge is 0.434 e. The maximum Gasteiger partial charge on any atom is 0.434 e. The molecule has 1 aliphatic carbocycles. The number of ether oxygens (including phenoxy) is 1. The largest absolute Gasteiger partial charge is 0.480 e. The van der Waals surface area contributed by atoms with Crippen LogP contribution in [0.15, 0.2) is 36.8 Å². The average molecular weight is 537 g/mol. The predicted molar refractivity (Wildman–Crippen MR) is 134 cm³/mol. The first-order valence-corrected chi connectivity index (χ1v) is 12.2. The molecule has 13 heteroatoms. The van der Waals surface area contributed by atoms with E-state index in [2.05, 4.69) is 30.6 Å². The van der Waals surface area contributed by atoms with Gasteiger partial charge in [0.2, 0.25) is 5.88 Å². The van der Waals surface area contributed by atoms with E-state index in [4.69, 9.17) is 9.72 Å². The van der Waals surface area contributed by atoms with Gasteiger partial charge in [-0.2, -0.15) is 13.2 Å². The lowest BCUT2D eigenvalue weighted by Crippen LogP contribution is -2.15. The SMILES string of the molecule is COc1ncnc(C2CC2)c1-c1nc2c(c(NCc3ccc(-c4nc(C(F)(F)F)cn4C)cc3)n1)C(=O)NC2. The summed E-state index contributed by atoms with van der Waals surface area (Å²) >= 11 is 0. The molecule has 1 aromatic carbocycles. The number of nitrogens with one attached hydrogen (secondary N) is 2.